The molecule has 1 aromatic carbocycles. The van der Waals surface area contributed by atoms with Crippen LogP contribution in [0.15, 0.2) is 24.3 Å². The molecular weight excluding hydrogens is 275 g/mol. The lowest BCUT2D eigenvalue weighted by Crippen LogP contribution is -2.12. The van der Waals surface area contributed by atoms with E-state index in [2.05, 4.69) is 0 Å². The number of hydrogen-bond donors (Lipinski definition) is 0. The number of ether oxygens (including phenoxy) is 1. The first-order chi connectivity index (χ1) is 8.49. The highest BCUT2D eigenvalue weighted by Gasteiger charge is 2.18. The number of hydrogen-bond acceptors (Lipinski definition) is 4. The van der Waals surface area contributed by atoms with Gasteiger partial charge < -0.3 is 4.74 Å². The van der Waals surface area contributed by atoms with E-state index in [9.17, 15) is 9.36 Å². The van der Waals surface area contributed by atoms with Crippen molar-refractivity contribution in [2.75, 3.05) is 0 Å². The molecule has 18 heavy (non-hydrogen) atoms. The van der Waals surface area contributed by atoms with Crippen molar-refractivity contribution in [2.24, 2.45) is 0 Å². The molecule has 0 radical (unpaired) electrons. The molecule has 6 heteroatoms. The largest absolute Gasteiger partial charge is 0.683 e. The summed E-state index contributed by atoms with van der Waals surface area (Å²) in [5.74, 6) is 0.168. The minimum absolute atomic E-state index is 0.124. The van der Waals surface area contributed by atoms with Gasteiger partial charge >= 0.3 is 13.3 Å². The van der Waals surface area contributed by atoms with Crippen molar-refractivity contribution < 1.29 is 18.6 Å². The lowest BCUT2D eigenvalue weighted by atomic mass is 10.1. The Morgan fingerprint density at radius 3 is 2.67 bits per heavy atom. The third kappa shape index (κ3) is 5.48. The molecule has 0 amide bonds. The lowest BCUT2D eigenvalue weighted by molar-refractivity contribution is -0.147. The fourth-order valence-corrected chi connectivity index (χ4v) is 1.99. The molecule has 0 spiro atoms. The molecule has 0 aliphatic rings. The summed E-state index contributed by atoms with van der Waals surface area (Å²) in [6.45, 7) is 3.60. The maximum atomic E-state index is 11.4. The van der Waals surface area contributed by atoms with E-state index < -0.39 is 7.38 Å². The highest BCUT2D eigenvalue weighted by molar-refractivity contribution is 7.70. The minimum Gasteiger partial charge on any atom is -0.463 e. The fourth-order valence-electron chi connectivity index (χ4n) is 1.44. The summed E-state index contributed by atoms with van der Waals surface area (Å²) in [6.07, 6.45) is 0.584. The zero-order valence-corrected chi connectivity index (χ0v) is 11.9. The van der Waals surface area contributed by atoms with Crippen molar-refractivity contribution in [1.29, 1.82) is 0 Å². The molecule has 1 unspecified atom stereocenters. The van der Waals surface area contributed by atoms with Crippen molar-refractivity contribution in [3.05, 3.63) is 29.8 Å². The number of benzene rings is 1. The smallest absolute Gasteiger partial charge is 0.463 e. The van der Waals surface area contributed by atoms with Gasteiger partial charge in [-0.05, 0) is 26.3 Å². The van der Waals surface area contributed by atoms with Crippen molar-refractivity contribution >= 4 is 24.6 Å². The fraction of sp³-hybridized carbons (Fsp3) is 0.417. The lowest BCUT2D eigenvalue weighted by Gasteiger charge is -2.08. The summed E-state index contributed by atoms with van der Waals surface area (Å²) in [5, 5.41) is 0. The van der Waals surface area contributed by atoms with E-state index in [0.29, 0.717) is 12.2 Å². The predicted octanol–water partition coefficient (Wildman–Crippen LogP) is 3.85. The molecule has 1 atom stereocenters. The van der Waals surface area contributed by atoms with Gasteiger partial charge in [0.2, 0.25) is 0 Å². The SMILES string of the molecule is CC(C)OC(=O)CCc1ccccc1O[P+](=O)Cl. The zero-order chi connectivity index (χ0) is 13.5. The Hall–Kier alpha value is -1.12. The third-order valence-corrected chi connectivity index (χ3v) is 2.66. The number of aryl methyl sites for hydroxylation is 1. The van der Waals surface area contributed by atoms with Crippen LogP contribution in [-0.4, -0.2) is 12.1 Å². The second-order valence-corrected chi connectivity index (χ2v) is 5.39. The number of halogens is 1. The Kier molecular flexibility index (Phi) is 6.10. The maximum Gasteiger partial charge on any atom is 0.683 e. The Morgan fingerprint density at radius 1 is 1.39 bits per heavy atom. The monoisotopic (exact) mass is 289 g/mol. The molecule has 0 aliphatic heterocycles. The minimum atomic E-state index is -2.23. The molecule has 0 aromatic heterocycles. The van der Waals surface area contributed by atoms with Crippen LogP contribution in [0.25, 0.3) is 0 Å². The van der Waals surface area contributed by atoms with Crippen LogP contribution in [0.1, 0.15) is 25.8 Å². The second-order valence-electron chi connectivity index (χ2n) is 3.95. The molecule has 0 fully saturated rings. The zero-order valence-electron chi connectivity index (χ0n) is 10.3. The van der Waals surface area contributed by atoms with Crippen molar-refractivity contribution in [1.82, 2.24) is 0 Å². The Morgan fingerprint density at radius 2 is 2.06 bits per heavy atom. The first-order valence-electron chi connectivity index (χ1n) is 5.57. The van der Waals surface area contributed by atoms with Crippen LogP contribution in [0.3, 0.4) is 0 Å². The summed E-state index contributed by atoms with van der Waals surface area (Å²) in [7, 11) is -2.23. The molecule has 0 bridgehead atoms. The molecule has 1 rings (SSSR count). The summed E-state index contributed by atoms with van der Waals surface area (Å²) in [6, 6.07) is 7.03. The molecule has 1 aromatic rings. The topological polar surface area (TPSA) is 52.6 Å². The average molecular weight is 290 g/mol. The number of carbonyl (C=O) groups excluding carboxylic acids is 1. The van der Waals surface area contributed by atoms with Crippen molar-refractivity contribution in [2.45, 2.75) is 32.8 Å². The van der Waals surface area contributed by atoms with Crippen LogP contribution in [0, 0.1) is 0 Å². The first kappa shape index (κ1) is 14.9. The van der Waals surface area contributed by atoms with Crippen LogP contribution in [0.4, 0.5) is 0 Å². The highest BCUT2D eigenvalue weighted by atomic mass is 35.7. The number of carbonyl (C=O) groups is 1. The molecule has 0 saturated carbocycles. The summed E-state index contributed by atoms with van der Waals surface area (Å²) < 4.78 is 20.9. The van der Waals surface area contributed by atoms with Crippen LogP contribution in [0.2, 0.25) is 0 Å². The third-order valence-electron chi connectivity index (χ3n) is 2.11. The van der Waals surface area contributed by atoms with Gasteiger partial charge in [0.05, 0.1) is 6.10 Å². The van der Waals surface area contributed by atoms with Gasteiger partial charge in [-0.1, -0.05) is 18.2 Å². The molecule has 0 saturated heterocycles. The normalized spacial score (nSPS) is 11.2. The molecule has 0 aliphatic carbocycles. The van der Waals surface area contributed by atoms with E-state index in [4.69, 9.17) is 20.5 Å². The Balaban J connectivity index is 2.61. The van der Waals surface area contributed by atoms with Gasteiger partial charge in [-0.15, -0.1) is 0 Å². The van der Waals surface area contributed by atoms with Gasteiger partial charge in [0.15, 0.2) is 5.75 Å². The van der Waals surface area contributed by atoms with Crippen molar-refractivity contribution in [3.8, 4) is 5.75 Å². The van der Waals surface area contributed by atoms with Crippen LogP contribution in [0.5, 0.6) is 5.75 Å². The number of rotatable bonds is 6. The standard InChI is InChI=1S/C12H15ClO4P/c1-9(2)16-12(14)8-7-10-5-3-4-6-11(10)17-18(13)15/h3-6,9H,7-8H2,1-2H3/q+1. The van der Waals surface area contributed by atoms with Gasteiger partial charge in [0.1, 0.15) is 0 Å². The predicted molar refractivity (Wildman–Crippen MR) is 70.1 cm³/mol. The number of para-hydroxylation sites is 1. The highest BCUT2D eigenvalue weighted by Crippen LogP contribution is 2.33. The average Bonchev–Trinajstić information content (AvgIpc) is 2.26. The quantitative estimate of drug-likeness (QED) is 0.589. The van der Waals surface area contributed by atoms with E-state index in [-0.39, 0.29) is 18.5 Å². The van der Waals surface area contributed by atoms with Gasteiger partial charge in [-0.25, -0.2) is 4.52 Å². The Bertz CT molecular complexity index is 434. The van der Waals surface area contributed by atoms with Gasteiger partial charge in [0.25, 0.3) is 11.2 Å². The molecule has 0 N–H and O–H groups in total. The van der Waals surface area contributed by atoms with Gasteiger partial charge in [-0.2, -0.15) is 0 Å². The summed E-state index contributed by atoms with van der Waals surface area (Å²) >= 11 is 5.31. The summed E-state index contributed by atoms with van der Waals surface area (Å²) in [4.78, 5) is 11.4. The van der Waals surface area contributed by atoms with Crippen LogP contribution in [-0.2, 0) is 20.5 Å². The summed E-state index contributed by atoms with van der Waals surface area (Å²) in [5.41, 5.74) is 0.780. The second kappa shape index (κ2) is 7.34. The van der Waals surface area contributed by atoms with Crippen LogP contribution >= 0.6 is 18.6 Å². The van der Waals surface area contributed by atoms with E-state index in [0.717, 1.165) is 5.56 Å². The maximum absolute atomic E-state index is 11.4. The molecule has 4 nitrogen and oxygen atoms in total. The van der Waals surface area contributed by atoms with E-state index in [1.165, 1.54) is 0 Å². The number of esters is 1. The molecular formula is C12H15ClO4P+. The van der Waals surface area contributed by atoms with E-state index >= 15 is 0 Å². The van der Waals surface area contributed by atoms with E-state index in [1.807, 2.05) is 6.07 Å². The van der Waals surface area contributed by atoms with Crippen molar-refractivity contribution in [3.63, 3.8) is 0 Å². The molecule has 98 valence electrons. The van der Waals surface area contributed by atoms with E-state index in [1.54, 1.807) is 32.0 Å². The van der Waals surface area contributed by atoms with Gasteiger partial charge in [-0.3, -0.25) is 4.79 Å². The molecule has 0 heterocycles. The Labute approximate surface area is 112 Å². The van der Waals surface area contributed by atoms with Gasteiger partial charge in [0, 0.05) is 16.5 Å². The van der Waals surface area contributed by atoms with Crippen LogP contribution < -0.4 is 4.52 Å². The first-order valence-corrected chi connectivity index (χ1v) is 7.65.